The summed E-state index contributed by atoms with van der Waals surface area (Å²) < 4.78 is 9.92. The van der Waals surface area contributed by atoms with Gasteiger partial charge in [-0.25, -0.2) is 14.4 Å². The number of rotatable bonds is 18. The van der Waals surface area contributed by atoms with Gasteiger partial charge in [0.1, 0.15) is 12.0 Å². The number of imide groups is 1. The van der Waals surface area contributed by atoms with Crippen molar-refractivity contribution in [1.82, 2.24) is 15.5 Å². The molecule has 4 rings (SSSR count). The van der Waals surface area contributed by atoms with Crippen molar-refractivity contribution in [1.29, 1.82) is 0 Å². The molecule has 1 saturated carbocycles. The van der Waals surface area contributed by atoms with E-state index < -0.39 is 41.2 Å². The molecule has 0 bridgehead atoms. The summed E-state index contributed by atoms with van der Waals surface area (Å²) in [6.45, 7) is 0.149. The minimum absolute atomic E-state index is 0.134. The number of aliphatic carboxylic acids is 1. The highest BCUT2D eigenvalue weighted by molar-refractivity contribution is 6.13. The topological polar surface area (TPSA) is 227 Å². The van der Waals surface area contributed by atoms with E-state index in [1.165, 1.54) is 42.4 Å². The van der Waals surface area contributed by atoms with Crippen molar-refractivity contribution in [2.24, 2.45) is 5.41 Å². The number of hydrogen-bond acceptors (Lipinski definition) is 10. The maximum atomic E-state index is 13.0. The molecule has 54 heavy (non-hydrogen) atoms. The van der Waals surface area contributed by atoms with Crippen molar-refractivity contribution in [2.45, 2.75) is 45.1 Å². The maximum Gasteiger partial charge on any atom is 0.411 e. The molecule has 0 unspecified atom stereocenters. The van der Waals surface area contributed by atoms with Crippen molar-refractivity contribution in [3.8, 4) is 0 Å². The van der Waals surface area contributed by atoms with Crippen molar-refractivity contribution in [2.75, 3.05) is 37.4 Å². The highest BCUT2D eigenvalue weighted by atomic mass is 16.5. The number of amides is 6. The summed E-state index contributed by atoms with van der Waals surface area (Å²) in [6.07, 6.45) is 9.81. The average Bonchev–Trinajstić information content (AvgIpc) is 3.45. The molecular weight excluding hydrogens is 702 g/mol. The number of carbonyl (C=O) groups excluding carboxylic acids is 7. The van der Waals surface area contributed by atoms with Crippen LogP contribution in [0.4, 0.5) is 16.2 Å². The second-order valence-electron chi connectivity index (χ2n) is 12.4. The first-order valence-electron chi connectivity index (χ1n) is 17.1. The number of hydrogen-bond donors (Lipinski definition) is 5. The van der Waals surface area contributed by atoms with E-state index in [0.29, 0.717) is 74.0 Å². The summed E-state index contributed by atoms with van der Waals surface area (Å²) in [6, 6.07) is 11.1. The van der Waals surface area contributed by atoms with Gasteiger partial charge in [-0.2, -0.15) is 0 Å². The van der Waals surface area contributed by atoms with E-state index in [1.54, 1.807) is 36.4 Å². The van der Waals surface area contributed by atoms with Crippen LogP contribution in [0, 0.1) is 5.41 Å². The molecule has 2 aromatic carbocycles. The molecule has 1 aliphatic carbocycles. The second-order valence-corrected chi connectivity index (χ2v) is 12.4. The van der Waals surface area contributed by atoms with E-state index in [-0.39, 0.29) is 30.7 Å². The van der Waals surface area contributed by atoms with Crippen LogP contribution in [-0.2, 0) is 49.6 Å². The number of nitrogens with zero attached hydrogens (tertiary/aromatic N) is 1. The number of unbranched alkanes of at least 4 members (excludes halogenated alkanes) is 2. The van der Waals surface area contributed by atoms with Gasteiger partial charge in [-0.15, -0.1) is 0 Å². The lowest BCUT2D eigenvalue weighted by atomic mass is 9.67. The number of carboxylic acids is 1. The van der Waals surface area contributed by atoms with E-state index >= 15 is 0 Å². The number of carboxylic acid groups (broad SMARTS) is 1. The Morgan fingerprint density at radius 1 is 0.852 bits per heavy atom. The van der Waals surface area contributed by atoms with Crippen molar-refractivity contribution in [3.63, 3.8) is 0 Å². The Kier molecular flexibility index (Phi) is 14.4. The van der Waals surface area contributed by atoms with Gasteiger partial charge in [0.2, 0.25) is 17.7 Å². The molecule has 0 saturated heterocycles. The lowest BCUT2D eigenvalue weighted by molar-refractivity contribution is -0.150. The summed E-state index contributed by atoms with van der Waals surface area (Å²) in [5.74, 6) is -3.86. The molecule has 16 heteroatoms. The maximum absolute atomic E-state index is 13.0. The first-order valence-corrected chi connectivity index (χ1v) is 17.1. The first kappa shape index (κ1) is 40.2. The minimum atomic E-state index is -1.24. The van der Waals surface area contributed by atoms with E-state index in [4.69, 9.17) is 9.84 Å². The predicted octanol–water partition coefficient (Wildman–Crippen LogP) is 3.16. The number of anilines is 2. The Morgan fingerprint density at radius 3 is 2.20 bits per heavy atom. The van der Waals surface area contributed by atoms with Gasteiger partial charge in [-0.05, 0) is 79.1 Å². The minimum Gasteiger partial charge on any atom is -0.478 e. The van der Waals surface area contributed by atoms with Crippen molar-refractivity contribution >= 4 is 71.1 Å². The van der Waals surface area contributed by atoms with Crippen LogP contribution in [-0.4, -0.2) is 84.3 Å². The SMILES string of the molecule is COC(=O)/C=C/c1ccc(/C=C/C(=O)O)cc1NC(=O)OCc1ccc(NC(=O)CNC(=O)C2(C(=O)NCCCCCN3C(=O)C=CC3=O)CCC2)cc1. The predicted molar refractivity (Wildman–Crippen MR) is 195 cm³/mol. The van der Waals surface area contributed by atoms with Crippen molar-refractivity contribution in [3.05, 3.63) is 83.5 Å². The third kappa shape index (κ3) is 11.5. The fourth-order valence-electron chi connectivity index (χ4n) is 5.52. The molecule has 6 amide bonds. The standard InChI is InChI=1S/C38H41N5O11/c1-53-34(49)17-11-27-10-6-25(9-16-33(47)48)22-29(27)42-37(52)54-24-26-7-12-28(13-8-26)41-30(44)23-40-36(51)38(18-5-19-38)35(50)39-20-3-2-4-21-43-31(45)14-15-32(43)46/h6-17,22H,2-5,18-21,23-24H2,1H3,(H,39,50)(H,40,51)(H,41,44)(H,42,52)(H,47,48)/b16-9+,17-11+. The van der Waals surface area contributed by atoms with E-state index in [1.807, 2.05) is 0 Å². The smallest absolute Gasteiger partial charge is 0.411 e. The number of nitrogens with one attached hydrogen (secondary N) is 4. The lowest BCUT2D eigenvalue weighted by Gasteiger charge is -2.38. The molecule has 1 aliphatic heterocycles. The van der Waals surface area contributed by atoms with Crippen LogP contribution in [0.1, 0.15) is 55.2 Å². The van der Waals surface area contributed by atoms with Gasteiger partial charge in [0, 0.05) is 43.1 Å². The number of benzene rings is 2. The Balaban J connectivity index is 1.19. The van der Waals surface area contributed by atoms with Gasteiger partial charge >= 0.3 is 18.0 Å². The quantitative estimate of drug-likeness (QED) is 0.0490. The normalized spacial score (nSPS) is 14.4. The lowest BCUT2D eigenvalue weighted by Crippen LogP contribution is -2.56. The Labute approximate surface area is 310 Å². The highest BCUT2D eigenvalue weighted by Gasteiger charge is 2.50. The Bertz CT molecular complexity index is 1840. The monoisotopic (exact) mass is 743 g/mol. The number of ether oxygens (including phenoxy) is 2. The first-order chi connectivity index (χ1) is 25.9. The third-order valence-electron chi connectivity index (χ3n) is 8.67. The van der Waals surface area contributed by atoms with Gasteiger partial charge in [0.05, 0.1) is 19.3 Å². The van der Waals surface area contributed by atoms with Gasteiger partial charge in [0.15, 0.2) is 0 Å². The molecule has 1 heterocycles. The highest BCUT2D eigenvalue weighted by Crippen LogP contribution is 2.41. The van der Waals surface area contributed by atoms with Gasteiger partial charge in [-0.3, -0.25) is 34.2 Å². The van der Waals surface area contributed by atoms with E-state index in [9.17, 15) is 38.4 Å². The van der Waals surface area contributed by atoms with Crippen LogP contribution in [0.3, 0.4) is 0 Å². The molecule has 0 spiro atoms. The molecule has 0 aromatic heterocycles. The molecule has 2 aliphatic rings. The fourth-order valence-corrected chi connectivity index (χ4v) is 5.52. The Morgan fingerprint density at radius 2 is 1.56 bits per heavy atom. The van der Waals surface area contributed by atoms with Crippen LogP contribution < -0.4 is 21.3 Å². The fraction of sp³-hybridized carbons (Fsp3) is 0.316. The third-order valence-corrected chi connectivity index (χ3v) is 8.67. The van der Waals surface area contributed by atoms with E-state index in [0.717, 1.165) is 12.2 Å². The van der Waals surface area contributed by atoms with Crippen LogP contribution >= 0.6 is 0 Å². The molecular formula is C38H41N5O11. The van der Waals surface area contributed by atoms with Gasteiger partial charge in [-0.1, -0.05) is 30.7 Å². The summed E-state index contributed by atoms with van der Waals surface area (Å²) in [5.41, 5.74) is 0.922. The number of esters is 1. The van der Waals surface area contributed by atoms with Gasteiger partial charge in [0.25, 0.3) is 11.8 Å². The van der Waals surface area contributed by atoms with E-state index in [2.05, 4.69) is 26.0 Å². The summed E-state index contributed by atoms with van der Waals surface area (Å²) in [5, 5.41) is 19.5. The zero-order chi connectivity index (χ0) is 39.1. The van der Waals surface area contributed by atoms with Gasteiger partial charge < -0.3 is 30.5 Å². The summed E-state index contributed by atoms with van der Waals surface area (Å²) in [4.78, 5) is 98.1. The zero-order valence-electron chi connectivity index (χ0n) is 29.6. The molecule has 0 radical (unpaired) electrons. The summed E-state index contributed by atoms with van der Waals surface area (Å²) >= 11 is 0. The van der Waals surface area contributed by atoms with Crippen molar-refractivity contribution < 1.29 is 52.9 Å². The zero-order valence-corrected chi connectivity index (χ0v) is 29.6. The largest absolute Gasteiger partial charge is 0.478 e. The molecule has 5 N–H and O–H groups in total. The van der Waals surface area contributed by atoms with Crippen LogP contribution in [0.15, 0.2) is 66.8 Å². The second kappa shape index (κ2) is 19.3. The molecule has 1 fully saturated rings. The van der Waals surface area contributed by atoms with Crippen LogP contribution in [0.2, 0.25) is 0 Å². The molecule has 2 aromatic rings. The molecule has 0 atom stereocenters. The van der Waals surface area contributed by atoms with Crippen LogP contribution in [0.25, 0.3) is 12.2 Å². The molecule has 284 valence electrons. The Hall–Kier alpha value is -6.58. The average molecular weight is 744 g/mol. The number of carbonyl (C=O) groups is 8. The molecule has 16 nitrogen and oxygen atoms in total. The number of methoxy groups -OCH3 is 1. The van der Waals surface area contributed by atoms with Crippen LogP contribution in [0.5, 0.6) is 0 Å². The summed E-state index contributed by atoms with van der Waals surface area (Å²) in [7, 11) is 1.22.